The van der Waals surface area contributed by atoms with Crippen LogP contribution in [0.4, 0.5) is 11.4 Å². The first-order valence-electron chi connectivity index (χ1n) is 7.51. The number of benzene rings is 3. The normalized spacial score (nSPS) is 10.1. The largest absolute Gasteiger partial charge is 0.457 e. The molecule has 0 spiro atoms. The molecule has 25 heavy (non-hydrogen) atoms. The van der Waals surface area contributed by atoms with E-state index in [1.54, 1.807) is 30.3 Å². The van der Waals surface area contributed by atoms with Crippen molar-refractivity contribution in [3.05, 3.63) is 94.5 Å². The summed E-state index contributed by atoms with van der Waals surface area (Å²) in [6, 6.07) is 21.9. The van der Waals surface area contributed by atoms with Crippen LogP contribution in [-0.4, -0.2) is 10.8 Å². The van der Waals surface area contributed by atoms with Crippen molar-refractivity contribution in [2.45, 2.75) is 0 Å². The summed E-state index contributed by atoms with van der Waals surface area (Å²) in [4.78, 5) is 22.7. The van der Waals surface area contributed by atoms with E-state index in [2.05, 4.69) is 5.32 Å². The molecule has 1 amide bonds. The highest BCUT2D eigenvalue weighted by Crippen LogP contribution is 2.24. The van der Waals surface area contributed by atoms with Gasteiger partial charge in [0.25, 0.3) is 11.6 Å². The maximum Gasteiger partial charge on any atom is 0.282 e. The van der Waals surface area contributed by atoms with Gasteiger partial charge < -0.3 is 10.1 Å². The van der Waals surface area contributed by atoms with Gasteiger partial charge in [-0.25, -0.2) is 0 Å². The second-order valence-electron chi connectivity index (χ2n) is 5.17. The maximum absolute atomic E-state index is 12.3. The molecule has 1 N–H and O–H groups in total. The van der Waals surface area contributed by atoms with E-state index in [0.717, 1.165) is 0 Å². The summed E-state index contributed by atoms with van der Waals surface area (Å²) in [5.41, 5.74) is 0.296. The van der Waals surface area contributed by atoms with Crippen molar-refractivity contribution >= 4 is 17.3 Å². The monoisotopic (exact) mass is 334 g/mol. The summed E-state index contributed by atoms with van der Waals surface area (Å²) in [5, 5.41) is 13.7. The number of hydrogen-bond donors (Lipinski definition) is 1. The molecule has 6 nitrogen and oxygen atoms in total. The van der Waals surface area contributed by atoms with Crippen LogP contribution in [0.25, 0.3) is 0 Å². The zero-order valence-electron chi connectivity index (χ0n) is 13.1. The molecule has 0 bridgehead atoms. The molecule has 0 aliphatic carbocycles. The van der Waals surface area contributed by atoms with Gasteiger partial charge >= 0.3 is 0 Å². The number of carbonyl (C=O) groups is 1. The van der Waals surface area contributed by atoms with Crippen LogP contribution in [0.5, 0.6) is 11.5 Å². The van der Waals surface area contributed by atoms with Crippen molar-refractivity contribution in [2.24, 2.45) is 0 Å². The Balaban J connectivity index is 1.71. The van der Waals surface area contributed by atoms with Crippen molar-refractivity contribution in [1.29, 1.82) is 0 Å². The SMILES string of the molecule is O=C(Nc1ccc(Oc2ccccc2)cc1)c1ccccc1[N+](=O)[O-]. The molecule has 0 aliphatic heterocycles. The van der Waals surface area contributed by atoms with Crippen molar-refractivity contribution in [1.82, 2.24) is 0 Å². The highest BCUT2D eigenvalue weighted by Gasteiger charge is 2.19. The molecule has 0 saturated carbocycles. The molecule has 6 heteroatoms. The summed E-state index contributed by atoms with van der Waals surface area (Å²) >= 11 is 0. The third kappa shape index (κ3) is 4.00. The molecule has 3 aromatic rings. The number of carbonyl (C=O) groups excluding carboxylic acids is 1. The van der Waals surface area contributed by atoms with Crippen molar-refractivity contribution < 1.29 is 14.5 Å². The fraction of sp³-hybridized carbons (Fsp3) is 0. The van der Waals surface area contributed by atoms with Crippen LogP contribution in [0.1, 0.15) is 10.4 Å². The second-order valence-corrected chi connectivity index (χ2v) is 5.17. The van der Waals surface area contributed by atoms with Gasteiger partial charge in [-0.15, -0.1) is 0 Å². The van der Waals surface area contributed by atoms with Crippen molar-refractivity contribution in [3.8, 4) is 11.5 Å². The average molecular weight is 334 g/mol. The molecule has 124 valence electrons. The number of para-hydroxylation sites is 2. The zero-order valence-corrected chi connectivity index (χ0v) is 13.1. The van der Waals surface area contributed by atoms with Crippen LogP contribution in [0, 0.1) is 10.1 Å². The van der Waals surface area contributed by atoms with Gasteiger partial charge in [-0.05, 0) is 42.5 Å². The van der Waals surface area contributed by atoms with E-state index < -0.39 is 10.8 Å². The predicted molar refractivity (Wildman–Crippen MR) is 94.0 cm³/mol. The molecular weight excluding hydrogens is 320 g/mol. The molecule has 0 radical (unpaired) electrons. The Hall–Kier alpha value is -3.67. The summed E-state index contributed by atoms with van der Waals surface area (Å²) in [7, 11) is 0. The van der Waals surface area contributed by atoms with Crippen molar-refractivity contribution in [3.63, 3.8) is 0 Å². The fourth-order valence-corrected chi connectivity index (χ4v) is 2.25. The van der Waals surface area contributed by atoms with E-state index in [9.17, 15) is 14.9 Å². The Morgan fingerprint density at radius 1 is 0.840 bits per heavy atom. The van der Waals surface area contributed by atoms with E-state index in [4.69, 9.17) is 4.74 Å². The van der Waals surface area contributed by atoms with Crippen molar-refractivity contribution in [2.75, 3.05) is 5.32 Å². The molecular formula is C19H14N2O4. The molecule has 0 saturated heterocycles. The number of nitrogens with zero attached hydrogens (tertiary/aromatic N) is 1. The summed E-state index contributed by atoms with van der Waals surface area (Å²) in [5.74, 6) is 0.790. The molecule has 0 atom stereocenters. The number of nitrogens with one attached hydrogen (secondary N) is 1. The van der Waals surface area contributed by atoms with Crippen LogP contribution in [0.15, 0.2) is 78.9 Å². The first kappa shape index (κ1) is 16.2. The number of rotatable bonds is 5. The van der Waals surface area contributed by atoms with E-state index >= 15 is 0 Å². The lowest BCUT2D eigenvalue weighted by Gasteiger charge is -2.08. The van der Waals surface area contributed by atoms with Gasteiger partial charge in [0.1, 0.15) is 17.1 Å². The second kappa shape index (κ2) is 7.27. The Bertz CT molecular complexity index is 893. The Morgan fingerprint density at radius 3 is 2.12 bits per heavy atom. The molecule has 0 aliphatic rings. The van der Waals surface area contributed by atoms with E-state index in [-0.39, 0.29) is 11.3 Å². The fourth-order valence-electron chi connectivity index (χ4n) is 2.25. The van der Waals surface area contributed by atoms with Gasteiger partial charge in [0, 0.05) is 11.8 Å². The maximum atomic E-state index is 12.3. The molecule has 3 rings (SSSR count). The molecule has 3 aromatic carbocycles. The third-order valence-corrected chi connectivity index (χ3v) is 3.44. The topological polar surface area (TPSA) is 81.5 Å². The van der Waals surface area contributed by atoms with Crippen LogP contribution >= 0.6 is 0 Å². The smallest absolute Gasteiger partial charge is 0.282 e. The minimum Gasteiger partial charge on any atom is -0.457 e. The number of hydrogen-bond acceptors (Lipinski definition) is 4. The minimum atomic E-state index is -0.578. The van der Waals surface area contributed by atoms with Gasteiger partial charge in [0.05, 0.1) is 4.92 Å². The lowest BCUT2D eigenvalue weighted by atomic mass is 10.1. The number of amides is 1. The van der Waals surface area contributed by atoms with Gasteiger partial charge in [0.2, 0.25) is 0 Å². The number of nitro groups is 1. The summed E-state index contributed by atoms with van der Waals surface area (Å²) in [6.45, 7) is 0. The van der Waals surface area contributed by atoms with Gasteiger partial charge in [0.15, 0.2) is 0 Å². The first-order chi connectivity index (χ1) is 12.1. The molecule has 0 unspecified atom stereocenters. The molecule has 0 aromatic heterocycles. The van der Waals surface area contributed by atoms with Crippen LogP contribution in [0.3, 0.4) is 0 Å². The Labute approximate surface area is 143 Å². The number of nitro benzene ring substituents is 1. The number of ether oxygens (including phenoxy) is 1. The summed E-state index contributed by atoms with van der Waals surface area (Å²) < 4.78 is 5.67. The van der Waals surface area contributed by atoms with Gasteiger partial charge in [-0.1, -0.05) is 30.3 Å². The van der Waals surface area contributed by atoms with E-state index in [0.29, 0.717) is 17.2 Å². The highest BCUT2D eigenvalue weighted by molar-refractivity contribution is 6.07. The van der Waals surface area contributed by atoms with Crippen LogP contribution in [0.2, 0.25) is 0 Å². The molecule has 0 heterocycles. The average Bonchev–Trinajstić information content (AvgIpc) is 2.64. The lowest BCUT2D eigenvalue weighted by Crippen LogP contribution is -2.13. The lowest BCUT2D eigenvalue weighted by molar-refractivity contribution is -0.385. The summed E-state index contributed by atoms with van der Waals surface area (Å²) in [6.07, 6.45) is 0. The highest BCUT2D eigenvalue weighted by atomic mass is 16.6. The van der Waals surface area contributed by atoms with Gasteiger partial charge in [-0.3, -0.25) is 14.9 Å². The van der Waals surface area contributed by atoms with E-state index in [1.165, 1.54) is 18.2 Å². The molecule has 0 fully saturated rings. The quantitative estimate of drug-likeness (QED) is 0.544. The standard InChI is InChI=1S/C19H14N2O4/c22-19(17-8-4-5-9-18(17)21(23)24)20-14-10-12-16(13-11-14)25-15-6-2-1-3-7-15/h1-13H,(H,20,22). The first-order valence-corrected chi connectivity index (χ1v) is 7.51. The van der Waals surface area contributed by atoms with E-state index in [1.807, 2.05) is 30.3 Å². The Kier molecular flexibility index (Phi) is 4.71. The van der Waals surface area contributed by atoms with Crippen LogP contribution < -0.4 is 10.1 Å². The zero-order chi connectivity index (χ0) is 17.6. The van der Waals surface area contributed by atoms with Gasteiger partial charge in [-0.2, -0.15) is 0 Å². The third-order valence-electron chi connectivity index (χ3n) is 3.44. The number of anilines is 1. The van der Waals surface area contributed by atoms with Crippen LogP contribution in [-0.2, 0) is 0 Å². The minimum absolute atomic E-state index is 0.0112. The Morgan fingerprint density at radius 2 is 1.44 bits per heavy atom. The predicted octanol–water partition coefficient (Wildman–Crippen LogP) is 4.64.